The molecule has 0 heterocycles. The molecule has 2 rings (SSSR count). The Bertz CT molecular complexity index is 896. The SMILES string of the molecule is COc1ccc(C(C(C#N)NC(=O)c2ccccc2)P(=O)(N(C)C)N(C)C)cc1. The Labute approximate surface area is 172 Å². The summed E-state index contributed by atoms with van der Waals surface area (Å²) in [6.07, 6.45) is 0. The maximum absolute atomic E-state index is 14.1. The zero-order valence-electron chi connectivity index (χ0n) is 17.4. The van der Waals surface area contributed by atoms with Gasteiger partial charge in [0.2, 0.25) is 7.44 Å². The van der Waals surface area contributed by atoms with Crippen molar-refractivity contribution in [3.8, 4) is 11.8 Å². The molecule has 154 valence electrons. The highest BCUT2D eigenvalue weighted by molar-refractivity contribution is 7.59. The van der Waals surface area contributed by atoms with Gasteiger partial charge in [0, 0.05) is 5.56 Å². The monoisotopic (exact) mass is 414 g/mol. The first kappa shape index (κ1) is 22.6. The zero-order chi connectivity index (χ0) is 21.6. The fraction of sp³-hybridized carbons (Fsp3) is 0.333. The van der Waals surface area contributed by atoms with E-state index in [9.17, 15) is 14.6 Å². The van der Waals surface area contributed by atoms with Gasteiger partial charge in [-0.15, -0.1) is 0 Å². The molecule has 2 aromatic rings. The molecule has 0 aliphatic heterocycles. The molecule has 7 nitrogen and oxygen atoms in total. The molecule has 0 saturated carbocycles. The number of benzene rings is 2. The third-order valence-corrected chi connectivity index (χ3v) is 8.36. The Balaban J connectivity index is 2.53. The van der Waals surface area contributed by atoms with Gasteiger partial charge in [0.15, 0.2) is 0 Å². The lowest BCUT2D eigenvalue weighted by atomic mass is 10.1. The Morgan fingerprint density at radius 2 is 1.59 bits per heavy atom. The lowest BCUT2D eigenvalue weighted by Gasteiger charge is -2.39. The molecule has 0 bridgehead atoms. The van der Waals surface area contributed by atoms with Gasteiger partial charge < -0.3 is 10.1 Å². The maximum atomic E-state index is 14.1. The molecule has 1 amide bonds. The molecule has 29 heavy (non-hydrogen) atoms. The molecule has 0 aromatic heterocycles. The van der Waals surface area contributed by atoms with Gasteiger partial charge in [-0.3, -0.25) is 9.36 Å². The van der Waals surface area contributed by atoms with Crippen LogP contribution in [0.3, 0.4) is 0 Å². The maximum Gasteiger partial charge on any atom is 0.252 e. The molecular weight excluding hydrogens is 387 g/mol. The van der Waals surface area contributed by atoms with Gasteiger partial charge in [0.1, 0.15) is 11.8 Å². The molecule has 0 fully saturated rings. The summed E-state index contributed by atoms with van der Waals surface area (Å²) in [6, 6.07) is 16.9. The molecule has 0 spiro atoms. The lowest BCUT2D eigenvalue weighted by molar-refractivity contribution is 0.0944. The van der Waals surface area contributed by atoms with E-state index in [1.165, 1.54) is 0 Å². The van der Waals surface area contributed by atoms with Crippen molar-refractivity contribution in [1.82, 2.24) is 14.7 Å². The molecule has 0 radical (unpaired) electrons. The van der Waals surface area contributed by atoms with E-state index < -0.39 is 19.1 Å². The van der Waals surface area contributed by atoms with Crippen LogP contribution in [0, 0.1) is 11.3 Å². The third-order valence-electron chi connectivity index (χ3n) is 4.74. The van der Waals surface area contributed by atoms with Crippen LogP contribution in [-0.4, -0.2) is 56.6 Å². The number of rotatable bonds is 8. The van der Waals surface area contributed by atoms with Gasteiger partial charge in [-0.05, 0) is 58.0 Å². The summed E-state index contributed by atoms with van der Waals surface area (Å²) < 4.78 is 22.6. The largest absolute Gasteiger partial charge is 0.497 e. The van der Waals surface area contributed by atoms with Crippen LogP contribution in [-0.2, 0) is 4.57 Å². The van der Waals surface area contributed by atoms with E-state index >= 15 is 0 Å². The first-order chi connectivity index (χ1) is 13.7. The predicted octanol–water partition coefficient (Wildman–Crippen LogP) is 3.37. The quantitative estimate of drug-likeness (QED) is 0.667. The first-order valence-electron chi connectivity index (χ1n) is 9.10. The van der Waals surface area contributed by atoms with E-state index in [2.05, 4.69) is 11.4 Å². The number of amides is 1. The Morgan fingerprint density at radius 3 is 2.03 bits per heavy atom. The summed E-state index contributed by atoms with van der Waals surface area (Å²) in [5.41, 5.74) is 0.346. The number of nitriles is 1. The number of nitrogens with zero attached hydrogens (tertiary/aromatic N) is 3. The van der Waals surface area contributed by atoms with Crippen LogP contribution in [0.25, 0.3) is 0 Å². The van der Waals surface area contributed by atoms with Gasteiger partial charge in [0.05, 0.1) is 18.8 Å². The van der Waals surface area contributed by atoms with Crippen LogP contribution in [0.4, 0.5) is 0 Å². The molecule has 2 aromatic carbocycles. The summed E-state index contributed by atoms with van der Waals surface area (Å²) in [5.74, 6) is 0.263. The summed E-state index contributed by atoms with van der Waals surface area (Å²) >= 11 is 0. The van der Waals surface area contributed by atoms with Crippen molar-refractivity contribution in [2.75, 3.05) is 35.3 Å². The highest BCUT2D eigenvalue weighted by Crippen LogP contribution is 2.63. The highest BCUT2D eigenvalue weighted by Gasteiger charge is 2.44. The van der Waals surface area contributed by atoms with Crippen LogP contribution in [0.5, 0.6) is 5.75 Å². The van der Waals surface area contributed by atoms with Gasteiger partial charge in [-0.2, -0.15) is 5.26 Å². The molecule has 1 N–H and O–H groups in total. The van der Waals surface area contributed by atoms with Crippen molar-refractivity contribution in [2.24, 2.45) is 0 Å². The number of ether oxygens (including phenoxy) is 1. The summed E-state index contributed by atoms with van der Waals surface area (Å²) in [7, 11) is 5.17. The number of nitrogens with one attached hydrogen (secondary N) is 1. The zero-order valence-corrected chi connectivity index (χ0v) is 18.3. The standard InChI is InChI=1S/C21H27N4O3P/c1-24(2)29(27,25(3)4)20(16-11-13-18(28-5)14-12-16)19(15-22)23-21(26)17-9-7-6-8-10-17/h6-14,19-20H,1-5H3,(H,23,26). The lowest BCUT2D eigenvalue weighted by Crippen LogP contribution is -2.41. The topological polar surface area (TPSA) is 85.7 Å². The van der Waals surface area contributed by atoms with E-state index in [0.29, 0.717) is 16.9 Å². The van der Waals surface area contributed by atoms with Gasteiger partial charge in [-0.25, -0.2) is 9.34 Å². The second-order valence-electron chi connectivity index (χ2n) is 6.95. The highest BCUT2D eigenvalue weighted by atomic mass is 31.2. The second kappa shape index (κ2) is 9.71. The van der Waals surface area contributed by atoms with Crippen molar-refractivity contribution >= 4 is 13.4 Å². The fourth-order valence-corrected chi connectivity index (χ4v) is 6.03. The van der Waals surface area contributed by atoms with Crippen molar-refractivity contribution < 1.29 is 14.1 Å². The van der Waals surface area contributed by atoms with E-state index in [1.807, 2.05) is 6.07 Å². The fourth-order valence-electron chi connectivity index (χ4n) is 3.23. The van der Waals surface area contributed by atoms with Crippen LogP contribution < -0.4 is 10.1 Å². The second-order valence-corrected chi connectivity index (χ2v) is 10.3. The average Bonchev–Trinajstić information content (AvgIpc) is 2.73. The molecule has 8 heteroatoms. The minimum Gasteiger partial charge on any atom is -0.497 e. The third kappa shape index (κ3) is 4.86. The van der Waals surface area contributed by atoms with E-state index in [1.54, 1.807) is 93.2 Å². The normalized spacial score (nSPS) is 13.6. The molecular formula is C21H27N4O3P. The van der Waals surface area contributed by atoms with Crippen molar-refractivity contribution in [3.63, 3.8) is 0 Å². The molecule has 0 aliphatic rings. The molecule has 2 atom stereocenters. The van der Waals surface area contributed by atoms with Crippen LogP contribution in [0.2, 0.25) is 0 Å². The Morgan fingerprint density at radius 1 is 1.03 bits per heavy atom. The van der Waals surface area contributed by atoms with Gasteiger partial charge in [-0.1, -0.05) is 30.3 Å². The van der Waals surface area contributed by atoms with E-state index in [4.69, 9.17) is 4.74 Å². The van der Waals surface area contributed by atoms with Crippen molar-refractivity contribution in [2.45, 2.75) is 11.7 Å². The summed E-state index contributed by atoms with van der Waals surface area (Å²) in [6.45, 7) is 0. The number of hydrogen-bond donors (Lipinski definition) is 1. The summed E-state index contributed by atoms with van der Waals surface area (Å²) in [5, 5.41) is 12.7. The Hall–Kier alpha value is -2.65. The number of carbonyl (C=O) groups is 1. The van der Waals surface area contributed by atoms with Crippen LogP contribution in [0.15, 0.2) is 54.6 Å². The van der Waals surface area contributed by atoms with E-state index in [0.717, 1.165) is 0 Å². The molecule has 2 unspecified atom stereocenters. The van der Waals surface area contributed by atoms with Crippen LogP contribution in [0.1, 0.15) is 21.6 Å². The average molecular weight is 414 g/mol. The number of methoxy groups -OCH3 is 1. The van der Waals surface area contributed by atoms with Crippen molar-refractivity contribution in [3.05, 3.63) is 65.7 Å². The van der Waals surface area contributed by atoms with Gasteiger partial charge >= 0.3 is 0 Å². The molecule has 0 saturated heterocycles. The van der Waals surface area contributed by atoms with E-state index in [-0.39, 0.29) is 5.91 Å². The minimum atomic E-state index is -3.25. The predicted molar refractivity (Wildman–Crippen MR) is 114 cm³/mol. The Kier molecular flexibility index (Phi) is 7.58. The minimum absolute atomic E-state index is 0.389. The van der Waals surface area contributed by atoms with Gasteiger partial charge in [0.25, 0.3) is 5.91 Å². The molecule has 0 aliphatic carbocycles. The van der Waals surface area contributed by atoms with Crippen LogP contribution >= 0.6 is 7.44 Å². The smallest absolute Gasteiger partial charge is 0.252 e. The first-order valence-corrected chi connectivity index (χ1v) is 10.8. The summed E-state index contributed by atoms with van der Waals surface area (Å²) in [4.78, 5) is 12.7. The van der Waals surface area contributed by atoms with Crippen molar-refractivity contribution in [1.29, 1.82) is 5.26 Å². The number of hydrogen-bond acceptors (Lipinski definition) is 4. The number of carbonyl (C=O) groups excluding carboxylic acids is 1.